The number of hydrogen-bond acceptors (Lipinski definition) is 3. The lowest BCUT2D eigenvalue weighted by molar-refractivity contribution is 0.451. The average molecular weight is 283 g/mol. The predicted molar refractivity (Wildman–Crippen MR) is 83.5 cm³/mol. The van der Waals surface area contributed by atoms with E-state index in [-0.39, 0.29) is 17.5 Å². The Kier molecular flexibility index (Phi) is 3.17. The summed E-state index contributed by atoms with van der Waals surface area (Å²) >= 11 is 0. The molecule has 0 aliphatic rings. The second-order valence-corrected chi connectivity index (χ2v) is 5.03. The summed E-state index contributed by atoms with van der Waals surface area (Å²) in [6, 6.07) is 12.5. The number of para-hydroxylation sites is 3. The zero-order chi connectivity index (χ0) is 15.0. The number of nitrogens with two attached hydrogens (primary N) is 1. The molecule has 4 N–H and O–H groups in total. The number of phenols is 1. The molecular weight excluding hydrogens is 266 g/mol. The third kappa shape index (κ3) is 2.07. The lowest BCUT2D eigenvalue weighted by atomic mass is 10.0. The quantitative estimate of drug-likeness (QED) is 0.510. The van der Waals surface area contributed by atoms with Crippen LogP contribution in [0.25, 0.3) is 11.0 Å². The van der Waals surface area contributed by atoms with Crippen LogP contribution >= 0.6 is 0 Å². The van der Waals surface area contributed by atoms with E-state index in [1.165, 1.54) is 0 Å². The highest BCUT2D eigenvalue weighted by molar-refractivity contribution is 5.75. The van der Waals surface area contributed by atoms with E-state index in [4.69, 9.17) is 5.73 Å². The van der Waals surface area contributed by atoms with Crippen molar-refractivity contribution in [3.8, 4) is 5.75 Å². The number of aromatic nitrogens is 2. The van der Waals surface area contributed by atoms with Gasteiger partial charge >= 0.3 is 5.69 Å². The van der Waals surface area contributed by atoms with Crippen LogP contribution < -0.4 is 11.4 Å². The molecule has 0 fully saturated rings. The standard InChI is InChI=1S/C16H17N3O2/c1-2-13(10-6-5-7-11(17)15(10)20)19-14-9-4-3-8-12(14)18-16(19)21/h3-9,13,20H,2,17H2,1H3,(H,18,21). The number of benzene rings is 2. The number of nitrogen functional groups attached to an aromatic ring is 1. The third-order valence-corrected chi connectivity index (χ3v) is 3.78. The molecule has 0 aliphatic carbocycles. The van der Waals surface area contributed by atoms with Gasteiger partial charge in [-0.05, 0) is 24.6 Å². The highest BCUT2D eigenvalue weighted by Gasteiger charge is 2.20. The largest absolute Gasteiger partial charge is 0.505 e. The van der Waals surface area contributed by atoms with Crippen molar-refractivity contribution in [2.24, 2.45) is 0 Å². The molecule has 0 amide bonds. The van der Waals surface area contributed by atoms with Gasteiger partial charge in [0, 0.05) is 5.56 Å². The van der Waals surface area contributed by atoms with E-state index in [0.717, 1.165) is 11.0 Å². The molecule has 1 aromatic heterocycles. The van der Waals surface area contributed by atoms with Gasteiger partial charge < -0.3 is 15.8 Å². The van der Waals surface area contributed by atoms with Crippen LogP contribution in [0, 0.1) is 0 Å². The van der Waals surface area contributed by atoms with E-state index in [0.29, 0.717) is 17.7 Å². The smallest absolute Gasteiger partial charge is 0.327 e. The maximum Gasteiger partial charge on any atom is 0.327 e. The lowest BCUT2D eigenvalue weighted by Gasteiger charge is -2.19. The first-order chi connectivity index (χ1) is 10.1. The van der Waals surface area contributed by atoms with Gasteiger partial charge in [0.25, 0.3) is 0 Å². The minimum absolute atomic E-state index is 0.0431. The molecule has 3 rings (SSSR count). The Morgan fingerprint density at radius 1 is 1.24 bits per heavy atom. The average Bonchev–Trinajstić information content (AvgIpc) is 2.81. The van der Waals surface area contributed by atoms with E-state index in [1.807, 2.05) is 31.2 Å². The number of nitrogens with zero attached hydrogens (tertiary/aromatic N) is 1. The van der Waals surface area contributed by atoms with Crippen LogP contribution in [0.15, 0.2) is 47.3 Å². The number of H-pyrrole nitrogens is 1. The summed E-state index contributed by atoms with van der Waals surface area (Å²) in [5, 5.41) is 10.2. The van der Waals surface area contributed by atoms with Crippen molar-refractivity contribution in [2.45, 2.75) is 19.4 Å². The molecule has 5 heteroatoms. The third-order valence-electron chi connectivity index (χ3n) is 3.78. The summed E-state index contributed by atoms with van der Waals surface area (Å²) in [7, 11) is 0. The number of nitrogens with one attached hydrogen (secondary N) is 1. The molecule has 5 nitrogen and oxygen atoms in total. The number of hydrogen-bond donors (Lipinski definition) is 3. The van der Waals surface area contributed by atoms with E-state index in [1.54, 1.807) is 22.8 Å². The minimum atomic E-state index is -0.267. The predicted octanol–water partition coefficient (Wildman–Crippen LogP) is 2.62. The number of anilines is 1. The Balaban J connectivity index is 2.26. The summed E-state index contributed by atoms with van der Waals surface area (Å²) in [4.78, 5) is 15.1. The number of aromatic amines is 1. The summed E-state index contributed by atoms with van der Waals surface area (Å²) in [5.41, 5.74) is 8.15. The van der Waals surface area contributed by atoms with Crippen LogP contribution in [-0.2, 0) is 0 Å². The van der Waals surface area contributed by atoms with Crippen LogP contribution in [0.5, 0.6) is 5.75 Å². The number of phenolic OH excluding ortho intramolecular Hbond substituents is 1. The number of imidazole rings is 1. The van der Waals surface area contributed by atoms with Gasteiger partial charge in [-0.2, -0.15) is 0 Å². The maximum absolute atomic E-state index is 12.3. The maximum atomic E-state index is 12.3. The molecule has 2 aromatic carbocycles. The van der Waals surface area contributed by atoms with Crippen molar-refractivity contribution in [3.05, 3.63) is 58.5 Å². The van der Waals surface area contributed by atoms with Gasteiger partial charge in [-0.1, -0.05) is 31.2 Å². The second-order valence-electron chi connectivity index (χ2n) is 5.03. The van der Waals surface area contributed by atoms with Crippen LogP contribution in [0.1, 0.15) is 24.9 Å². The van der Waals surface area contributed by atoms with Crippen LogP contribution in [0.4, 0.5) is 5.69 Å². The summed E-state index contributed by atoms with van der Waals surface area (Å²) in [6.07, 6.45) is 0.665. The Bertz CT molecular complexity index is 848. The van der Waals surface area contributed by atoms with Gasteiger partial charge in [0.05, 0.1) is 22.8 Å². The second kappa shape index (κ2) is 5.01. The highest BCUT2D eigenvalue weighted by Crippen LogP contribution is 2.34. The van der Waals surface area contributed by atoms with E-state index in [9.17, 15) is 9.90 Å². The molecular formula is C16H17N3O2. The van der Waals surface area contributed by atoms with Crippen molar-refractivity contribution >= 4 is 16.7 Å². The molecule has 108 valence electrons. The monoisotopic (exact) mass is 283 g/mol. The minimum Gasteiger partial charge on any atom is -0.505 e. The first-order valence-electron chi connectivity index (χ1n) is 6.90. The van der Waals surface area contributed by atoms with Gasteiger partial charge in [-0.15, -0.1) is 0 Å². The molecule has 0 radical (unpaired) electrons. The van der Waals surface area contributed by atoms with Gasteiger partial charge in [-0.3, -0.25) is 4.57 Å². The summed E-state index contributed by atoms with van der Waals surface area (Å²) < 4.78 is 1.67. The number of aromatic hydroxyl groups is 1. The number of fused-ring (bicyclic) bond motifs is 1. The van der Waals surface area contributed by atoms with Crippen LogP contribution in [0.3, 0.4) is 0 Å². The SMILES string of the molecule is CCC(c1cccc(N)c1O)n1c(=O)[nH]c2ccccc21. The zero-order valence-corrected chi connectivity index (χ0v) is 11.7. The van der Waals surface area contributed by atoms with Crippen LogP contribution in [0.2, 0.25) is 0 Å². The molecule has 0 spiro atoms. The first-order valence-corrected chi connectivity index (χ1v) is 6.90. The van der Waals surface area contributed by atoms with Crippen molar-refractivity contribution in [1.29, 1.82) is 0 Å². The fraction of sp³-hybridized carbons (Fsp3) is 0.188. The van der Waals surface area contributed by atoms with Gasteiger partial charge in [0.15, 0.2) is 0 Å². The molecule has 1 unspecified atom stereocenters. The topological polar surface area (TPSA) is 84.0 Å². The van der Waals surface area contributed by atoms with Crippen molar-refractivity contribution in [1.82, 2.24) is 9.55 Å². The Morgan fingerprint density at radius 2 is 2.00 bits per heavy atom. The van der Waals surface area contributed by atoms with Crippen LogP contribution in [-0.4, -0.2) is 14.7 Å². The van der Waals surface area contributed by atoms with Crippen molar-refractivity contribution in [2.75, 3.05) is 5.73 Å². The number of rotatable bonds is 3. The van der Waals surface area contributed by atoms with Crippen molar-refractivity contribution in [3.63, 3.8) is 0 Å². The molecule has 3 aromatic rings. The molecule has 0 saturated carbocycles. The van der Waals surface area contributed by atoms with Gasteiger partial charge in [-0.25, -0.2) is 4.79 Å². The first kappa shape index (κ1) is 13.3. The molecule has 1 heterocycles. The fourth-order valence-electron chi connectivity index (χ4n) is 2.77. The summed E-state index contributed by atoms with van der Waals surface area (Å²) in [6.45, 7) is 1.97. The van der Waals surface area contributed by atoms with Gasteiger partial charge in [0.2, 0.25) is 0 Å². The molecule has 0 bridgehead atoms. The highest BCUT2D eigenvalue weighted by atomic mass is 16.3. The van der Waals surface area contributed by atoms with E-state index in [2.05, 4.69) is 4.98 Å². The molecule has 0 saturated heterocycles. The lowest BCUT2D eigenvalue weighted by Crippen LogP contribution is -2.23. The normalized spacial score (nSPS) is 12.6. The molecule has 0 aliphatic heterocycles. The Labute approximate surface area is 121 Å². The Hall–Kier alpha value is -2.69. The molecule has 21 heavy (non-hydrogen) atoms. The van der Waals surface area contributed by atoms with E-state index < -0.39 is 0 Å². The van der Waals surface area contributed by atoms with E-state index >= 15 is 0 Å². The van der Waals surface area contributed by atoms with Gasteiger partial charge in [0.1, 0.15) is 5.75 Å². The Morgan fingerprint density at radius 3 is 2.76 bits per heavy atom. The molecule has 1 atom stereocenters. The zero-order valence-electron chi connectivity index (χ0n) is 11.7. The summed E-state index contributed by atoms with van der Waals surface area (Å²) in [5.74, 6) is 0.0431. The van der Waals surface area contributed by atoms with Crippen molar-refractivity contribution < 1.29 is 5.11 Å². The fourth-order valence-corrected chi connectivity index (χ4v) is 2.77.